The van der Waals surface area contributed by atoms with Crippen molar-refractivity contribution in [1.82, 2.24) is 24.6 Å². The zero-order chi connectivity index (χ0) is 17.4. The Balaban J connectivity index is 1.53. The average molecular weight is 341 g/mol. The maximum Gasteiger partial charge on any atom is 0.261 e. The molecule has 132 valence electrons. The van der Waals surface area contributed by atoms with Crippen molar-refractivity contribution in [2.75, 3.05) is 13.1 Å². The number of amides is 1. The summed E-state index contributed by atoms with van der Waals surface area (Å²) in [4.78, 5) is 29.9. The fourth-order valence-electron chi connectivity index (χ4n) is 3.66. The summed E-state index contributed by atoms with van der Waals surface area (Å²) in [7, 11) is 0. The maximum atomic E-state index is 12.9. The average Bonchev–Trinajstić information content (AvgIpc) is 3.38. The van der Waals surface area contributed by atoms with E-state index < -0.39 is 0 Å². The van der Waals surface area contributed by atoms with Crippen molar-refractivity contribution in [1.29, 1.82) is 0 Å². The summed E-state index contributed by atoms with van der Waals surface area (Å²) in [5, 5.41) is 8.24. The number of nitrogens with one attached hydrogen (secondary N) is 1. The van der Waals surface area contributed by atoms with Crippen LogP contribution in [0.2, 0.25) is 0 Å². The van der Waals surface area contributed by atoms with Crippen molar-refractivity contribution in [3.8, 4) is 0 Å². The van der Waals surface area contributed by atoms with Gasteiger partial charge in [0.25, 0.3) is 11.5 Å². The first-order chi connectivity index (χ1) is 12.2. The second kappa shape index (κ2) is 6.46. The number of carbonyl (C=O) groups is 1. The molecule has 7 heteroatoms. The first kappa shape index (κ1) is 16.1. The number of carbonyl (C=O) groups excluding carboxylic acids is 1. The minimum absolute atomic E-state index is 0.171. The van der Waals surface area contributed by atoms with Crippen molar-refractivity contribution in [2.24, 2.45) is 0 Å². The van der Waals surface area contributed by atoms with Crippen molar-refractivity contribution < 1.29 is 4.79 Å². The molecule has 2 aliphatic rings. The van der Waals surface area contributed by atoms with Gasteiger partial charge in [-0.15, -0.1) is 10.2 Å². The molecule has 1 atom stereocenters. The Bertz CT molecular complexity index is 836. The van der Waals surface area contributed by atoms with E-state index in [2.05, 4.69) is 22.1 Å². The van der Waals surface area contributed by atoms with Gasteiger partial charge in [0.15, 0.2) is 0 Å². The minimum atomic E-state index is -0.270. The largest absolute Gasteiger partial charge is 0.338 e. The molecule has 0 radical (unpaired) electrons. The third kappa shape index (κ3) is 3.10. The summed E-state index contributed by atoms with van der Waals surface area (Å²) >= 11 is 0. The van der Waals surface area contributed by atoms with Gasteiger partial charge >= 0.3 is 0 Å². The Morgan fingerprint density at radius 1 is 1.28 bits per heavy atom. The van der Waals surface area contributed by atoms with E-state index >= 15 is 0 Å². The van der Waals surface area contributed by atoms with Gasteiger partial charge in [-0.25, -0.2) is 0 Å². The number of aryl methyl sites for hydroxylation is 1. The van der Waals surface area contributed by atoms with Gasteiger partial charge in [-0.2, -0.15) is 0 Å². The summed E-state index contributed by atoms with van der Waals surface area (Å²) < 4.78 is 2.02. The normalized spacial score (nSPS) is 20.7. The molecule has 4 rings (SSSR count). The van der Waals surface area contributed by atoms with E-state index in [9.17, 15) is 9.59 Å². The quantitative estimate of drug-likeness (QED) is 0.920. The van der Waals surface area contributed by atoms with E-state index in [0.717, 1.165) is 43.7 Å². The molecule has 1 aliphatic heterocycles. The van der Waals surface area contributed by atoms with Crippen LogP contribution in [-0.4, -0.2) is 43.6 Å². The summed E-state index contributed by atoms with van der Waals surface area (Å²) in [5.74, 6) is 1.38. The predicted molar refractivity (Wildman–Crippen MR) is 92.6 cm³/mol. The number of rotatable bonds is 4. The molecule has 1 amide bonds. The fraction of sp³-hybridized carbons (Fsp3) is 0.556. The topological polar surface area (TPSA) is 83.9 Å². The van der Waals surface area contributed by atoms with Gasteiger partial charge in [0, 0.05) is 31.2 Å². The molecule has 0 spiro atoms. The second-order valence-electron chi connectivity index (χ2n) is 7.00. The van der Waals surface area contributed by atoms with E-state index in [1.54, 1.807) is 17.3 Å². The molecule has 1 saturated carbocycles. The zero-order valence-corrected chi connectivity index (χ0v) is 14.4. The summed E-state index contributed by atoms with van der Waals surface area (Å²) in [5.41, 5.74) is 0.921. The highest BCUT2D eigenvalue weighted by molar-refractivity contribution is 5.94. The van der Waals surface area contributed by atoms with Gasteiger partial charge in [-0.3, -0.25) is 9.59 Å². The number of hydrogen-bond donors (Lipinski definition) is 1. The molecule has 25 heavy (non-hydrogen) atoms. The van der Waals surface area contributed by atoms with Crippen LogP contribution in [0.4, 0.5) is 0 Å². The number of hydrogen-bond acceptors (Lipinski definition) is 4. The predicted octanol–water partition coefficient (Wildman–Crippen LogP) is 1.88. The lowest BCUT2D eigenvalue weighted by molar-refractivity contribution is 0.0701. The Hall–Kier alpha value is -2.44. The molecular formula is C18H23N5O2. The third-order valence-electron chi connectivity index (χ3n) is 5.24. The van der Waals surface area contributed by atoms with Crippen molar-refractivity contribution in [3.05, 3.63) is 45.9 Å². The van der Waals surface area contributed by atoms with Crippen LogP contribution in [0.25, 0.3) is 0 Å². The minimum Gasteiger partial charge on any atom is -0.338 e. The lowest BCUT2D eigenvalue weighted by atomic mass is 9.96. The van der Waals surface area contributed by atoms with Gasteiger partial charge in [-0.1, -0.05) is 0 Å². The Morgan fingerprint density at radius 2 is 2.12 bits per heavy atom. The van der Waals surface area contributed by atoms with Crippen molar-refractivity contribution >= 4 is 5.91 Å². The van der Waals surface area contributed by atoms with E-state index in [1.807, 2.05) is 10.6 Å². The van der Waals surface area contributed by atoms with Crippen LogP contribution in [0.1, 0.15) is 66.3 Å². The Morgan fingerprint density at radius 3 is 2.84 bits per heavy atom. The van der Waals surface area contributed by atoms with Crippen LogP contribution in [-0.2, 0) is 6.54 Å². The molecular weight excluding hydrogens is 318 g/mol. The van der Waals surface area contributed by atoms with Gasteiger partial charge in [0.1, 0.15) is 17.7 Å². The lowest BCUT2D eigenvalue weighted by Gasteiger charge is -2.32. The number of aromatic amines is 1. The SMILES string of the molecule is CCn1cnnc1C1CCCN(C(=O)c2ccc(C3CC3)[nH]c2=O)C1. The maximum absolute atomic E-state index is 12.9. The highest BCUT2D eigenvalue weighted by atomic mass is 16.2. The highest BCUT2D eigenvalue weighted by Crippen LogP contribution is 2.38. The van der Waals surface area contributed by atoms with Crippen LogP contribution in [0.15, 0.2) is 23.3 Å². The molecule has 1 N–H and O–H groups in total. The smallest absolute Gasteiger partial charge is 0.261 e. The zero-order valence-electron chi connectivity index (χ0n) is 14.4. The van der Waals surface area contributed by atoms with Crippen LogP contribution in [0, 0.1) is 0 Å². The summed E-state index contributed by atoms with van der Waals surface area (Å²) in [6, 6.07) is 3.58. The van der Waals surface area contributed by atoms with Crippen LogP contribution < -0.4 is 5.56 Å². The molecule has 1 unspecified atom stereocenters. The fourth-order valence-corrected chi connectivity index (χ4v) is 3.66. The standard InChI is InChI=1S/C18H23N5O2/c1-2-22-11-19-21-16(22)13-4-3-9-23(10-13)18(25)14-7-8-15(12-5-6-12)20-17(14)24/h7-8,11-13H,2-6,9-10H2,1H3,(H,20,24). The van der Waals surface area contributed by atoms with Gasteiger partial charge in [-0.05, 0) is 50.7 Å². The van der Waals surface area contributed by atoms with Crippen molar-refractivity contribution in [3.63, 3.8) is 0 Å². The van der Waals surface area contributed by atoms with Crippen molar-refractivity contribution in [2.45, 2.75) is 51.0 Å². The van der Waals surface area contributed by atoms with E-state index in [-0.39, 0.29) is 22.9 Å². The molecule has 0 bridgehead atoms. The highest BCUT2D eigenvalue weighted by Gasteiger charge is 2.30. The first-order valence-corrected chi connectivity index (χ1v) is 9.07. The van der Waals surface area contributed by atoms with E-state index in [1.165, 1.54) is 0 Å². The Kier molecular flexibility index (Phi) is 4.15. The monoisotopic (exact) mass is 341 g/mol. The molecule has 0 aromatic carbocycles. The van der Waals surface area contributed by atoms with Crippen LogP contribution in [0.3, 0.4) is 0 Å². The molecule has 2 fully saturated rings. The second-order valence-corrected chi connectivity index (χ2v) is 7.00. The van der Waals surface area contributed by atoms with Crippen LogP contribution in [0.5, 0.6) is 0 Å². The number of aromatic nitrogens is 4. The number of pyridine rings is 1. The van der Waals surface area contributed by atoms with E-state index in [0.29, 0.717) is 19.0 Å². The molecule has 2 aromatic heterocycles. The van der Waals surface area contributed by atoms with Gasteiger partial charge in [0.2, 0.25) is 0 Å². The number of piperidine rings is 1. The lowest BCUT2D eigenvalue weighted by Crippen LogP contribution is -2.41. The molecule has 1 saturated heterocycles. The summed E-state index contributed by atoms with van der Waals surface area (Å²) in [6.07, 6.45) is 5.87. The van der Waals surface area contributed by atoms with E-state index in [4.69, 9.17) is 0 Å². The van der Waals surface area contributed by atoms with Gasteiger partial charge < -0.3 is 14.5 Å². The number of H-pyrrole nitrogens is 1. The molecule has 7 nitrogen and oxygen atoms in total. The number of nitrogens with zero attached hydrogens (tertiary/aromatic N) is 4. The first-order valence-electron chi connectivity index (χ1n) is 9.07. The Labute approximate surface area is 146 Å². The molecule has 3 heterocycles. The third-order valence-corrected chi connectivity index (χ3v) is 5.24. The summed E-state index contributed by atoms with van der Waals surface area (Å²) in [6.45, 7) is 4.13. The molecule has 2 aromatic rings. The molecule has 1 aliphatic carbocycles. The van der Waals surface area contributed by atoms with Gasteiger partial charge in [0.05, 0.1) is 0 Å². The van der Waals surface area contributed by atoms with Crippen LogP contribution >= 0.6 is 0 Å². The number of likely N-dealkylation sites (tertiary alicyclic amines) is 1.